The number of hydrogen-bond donors (Lipinski definition) is 3. The lowest BCUT2D eigenvalue weighted by molar-refractivity contribution is -0.114. The molecule has 0 spiro atoms. The molecular formula is C18H18FN3O3. The van der Waals surface area contributed by atoms with Crippen LogP contribution in [0.15, 0.2) is 18.2 Å². The first kappa shape index (κ1) is 16.9. The summed E-state index contributed by atoms with van der Waals surface area (Å²) >= 11 is 0. The van der Waals surface area contributed by atoms with Crippen LogP contribution in [0.25, 0.3) is 0 Å². The molecule has 3 rings (SSSR count). The summed E-state index contributed by atoms with van der Waals surface area (Å²) in [6.45, 7) is 3.04. The molecule has 1 aromatic heterocycles. The quantitative estimate of drug-likeness (QED) is 0.799. The number of benzene rings is 1. The van der Waals surface area contributed by atoms with E-state index in [9.17, 15) is 18.8 Å². The molecule has 7 heteroatoms. The van der Waals surface area contributed by atoms with E-state index < -0.39 is 11.7 Å². The average molecular weight is 343 g/mol. The van der Waals surface area contributed by atoms with E-state index in [-0.39, 0.29) is 23.1 Å². The molecule has 3 N–H and O–H groups in total. The summed E-state index contributed by atoms with van der Waals surface area (Å²) in [4.78, 5) is 38.7. The van der Waals surface area contributed by atoms with Gasteiger partial charge in [0.2, 0.25) is 5.91 Å². The number of rotatable bonds is 3. The summed E-state index contributed by atoms with van der Waals surface area (Å²) in [6.07, 6.45) is 1.93. The minimum atomic E-state index is -0.618. The molecule has 0 saturated carbocycles. The summed E-state index contributed by atoms with van der Waals surface area (Å²) in [5.41, 5.74) is 2.49. The third-order valence-corrected chi connectivity index (χ3v) is 4.20. The summed E-state index contributed by atoms with van der Waals surface area (Å²) in [6, 6.07) is 3.92. The first-order chi connectivity index (χ1) is 11.9. The maximum absolute atomic E-state index is 14.0. The Bertz CT molecular complexity index is 886. The summed E-state index contributed by atoms with van der Waals surface area (Å²) in [5, 5.41) is 5.03. The molecular weight excluding hydrogens is 325 g/mol. The third kappa shape index (κ3) is 3.31. The molecule has 1 heterocycles. The number of aryl methyl sites for hydroxylation is 1. The zero-order valence-electron chi connectivity index (χ0n) is 14.0. The lowest BCUT2D eigenvalue weighted by Crippen LogP contribution is -2.15. The highest BCUT2D eigenvalue weighted by molar-refractivity contribution is 6.08. The van der Waals surface area contributed by atoms with Crippen molar-refractivity contribution in [3.8, 4) is 0 Å². The number of carbonyl (C=O) groups excluding carboxylic acids is 3. The van der Waals surface area contributed by atoms with Gasteiger partial charge in [0.1, 0.15) is 11.5 Å². The number of hydrogen-bond acceptors (Lipinski definition) is 3. The van der Waals surface area contributed by atoms with Crippen molar-refractivity contribution in [2.75, 3.05) is 10.6 Å². The Morgan fingerprint density at radius 3 is 2.64 bits per heavy atom. The van der Waals surface area contributed by atoms with Gasteiger partial charge < -0.3 is 15.6 Å². The summed E-state index contributed by atoms with van der Waals surface area (Å²) in [5.74, 6) is -1.42. The zero-order chi connectivity index (χ0) is 18.1. The van der Waals surface area contributed by atoms with Gasteiger partial charge in [-0.25, -0.2) is 4.39 Å². The van der Waals surface area contributed by atoms with Gasteiger partial charge >= 0.3 is 0 Å². The van der Waals surface area contributed by atoms with Crippen LogP contribution in [-0.2, 0) is 11.2 Å². The molecule has 2 amide bonds. The normalized spacial score (nSPS) is 13.3. The van der Waals surface area contributed by atoms with Crippen molar-refractivity contribution in [2.45, 2.75) is 33.1 Å². The number of aromatic amines is 1. The van der Waals surface area contributed by atoms with Crippen LogP contribution >= 0.6 is 0 Å². The molecule has 1 aliphatic carbocycles. The number of nitrogens with one attached hydrogen (secondary N) is 3. The molecule has 0 saturated heterocycles. The van der Waals surface area contributed by atoms with Gasteiger partial charge in [0.25, 0.3) is 5.91 Å². The SMILES string of the molecule is CC(=O)Nc1ccc(F)c(NC(=O)c2[nH]c3c(c2C)C(=O)CCC3)c1. The van der Waals surface area contributed by atoms with Crippen LogP contribution in [-0.4, -0.2) is 22.6 Å². The first-order valence-corrected chi connectivity index (χ1v) is 8.00. The molecule has 1 aromatic carbocycles. The van der Waals surface area contributed by atoms with Gasteiger partial charge in [-0.2, -0.15) is 0 Å². The number of H-pyrrole nitrogens is 1. The topological polar surface area (TPSA) is 91.1 Å². The Morgan fingerprint density at radius 2 is 1.96 bits per heavy atom. The summed E-state index contributed by atoms with van der Waals surface area (Å²) < 4.78 is 14.0. The molecule has 0 bridgehead atoms. The van der Waals surface area contributed by atoms with Crippen LogP contribution in [0.1, 0.15) is 51.9 Å². The fourth-order valence-corrected chi connectivity index (χ4v) is 3.09. The largest absolute Gasteiger partial charge is 0.354 e. The van der Waals surface area contributed by atoms with Crippen LogP contribution in [0.3, 0.4) is 0 Å². The zero-order valence-corrected chi connectivity index (χ0v) is 14.0. The van der Waals surface area contributed by atoms with Crippen molar-refractivity contribution in [1.29, 1.82) is 0 Å². The van der Waals surface area contributed by atoms with Crippen LogP contribution < -0.4 is 10.6 Å². The van der Waals surface area contributed by atoms with Crippen molar-refractivity contribution in [3.63, 3.8) is 0 Å². The van der Waals surface area contributed by atoms with E-state index in [1.807, 2.05) is 0 Å². The lowest BCUT2D eigenvalue weighted by atomic mass is 9.94. The number of Topliss-reactive ketones (excluding diaryl/α,β-unsaturated/α-hetero) is 1. The number of carbonyl (C=O) groups is 3. The minimum Gasteiger partial charge on any atom is -0.354 e. The number of amides is 2. The van der Waals surface area contributed by atoms with Crippen LogP contribution in [0.4, 0.5) is 15.8 Å². The Morgan fingerprint density at radius 1 is 1.20 bits per heavy atom. The van der Waals surface area contributed by atoms with Gasteiger partial charge in [-0.3, -0.25) is 14.4 Å². The fraction of sp³-hybridized carbons (Fsp3) is 0.278. The Kier molecular flexibility index (Phi) is 4.39. The number of aromatic nitrogens is 1. The number of fused-ring (bicyclic) bond motifs is 1. The molecule has 0 fully saturated rings. The van der Waals surface area contributed by atoms with Crippen LogP contribution in [0, 0.1) is 12.7 Å². The van der Waals surface area contributed by atoms with Gasteiger partial charge in [0, 0.05) is 30.3 Å². The summed E-state index contributed by atoms with van der Waals surface area (Å²) in [7, 11) is 0. The highest BCUT2D eigenvalue weighted by atomic mass is 19.1. The van der Waals surface area contributed by atoms with Crippen LogP contribution in [0.2, 0.25) is 0 Å². The molecule has 25 heavy (non-hydrogen) atoms. The van der Waals surface area contributed by atoms with E-state index in [1.165, 1.54) is 19.1 Å². The second-order valence-electron chi connectivity index (χ2n) is 6.09. The van der Waals surface area contributed by atoms with Crippen molar-refractivity contribution >= 4 is 29.0 Å². The number of halogens is 1. The molecule has 2 aromatic rings. The van der Waals surface area contributed by atoms with E-state index >= 15 is 0 Å². The first-order valence-electron chi connectivity index (χ1n) is 8.00. The predicted octanol–water partition coefficient (Wildman–Crippen LogP) is 3.19. The smallest absolute Gasteiger partial charge is 0.272 e. The minimum absolute atomic E-state index is 0.0212. The monoisotopic (exact) mass is 343 g/mol. The molecule has 0 atom stereocenters. The van der Waals surface area contributed by atoms with Crippen LogP contribution in [0.5, 0.6) is 0 Å². The highest BCUT2D eigenvalue weighted by Crippen LogP contribution is 2.27. The average Bonchev–Trinajstić information content (AvgIpc) is 2.88. The van der Waals surface area contributed by atoms with E-state index in [1.54, 1.807) is 6.92 Å². The number of anilines is 2. The van der Waals surface area contributed by atoms with Gasteiger partial charge in [-0.05, 0) is 43.5 Å². The standard InChI is InChI=1S/C18H18FN3O3/c1-9-16-13(4-3-5-15(16)24)21-17(9)18(25)22-14-8-11(20-10(2)23)6-7-12(14)19/h6-8,21H,3-5H2,1-2H3,(H,20,23)(H,22,25). The second kappa shape index (κ2) is 6.51. The Balaban J connectivity index is 1.88. The molecule has 6 nitrogen and oxygen atoms in total. The molecule has 1 aliphatic rings. The number of ketones is 1. The Labute approximate surface area is 143 Å². The van der Waals surface area contributed by atoms with E-state index in [4.69, 9.17) is 0 Å². The lowest BCUT2D eigenvalue weighted by Gasteiger charge is -2.09. The maximum atomic E-state index is 14.0. The van der Waals surface area contributed by atoms with Crippen molar-refractivity contribution in [2.24, 2.45) is 0 Å². The van der Waals surface area contributed by atoms with Gasteiger partial charge in [0.15, 0.2) is 5.78 Å². The maximum Gasteiger partial charge on any atom is 0.272 e. The van der Waals surface area contributed by atoms with Crippen molar-refractivity contribution in [1.82, 2.24) is 4.98 Å². The van der Waals surface area contributed by atoms with E-state index in [2.05, 4.69) is 15.6 Å². The molecule has 0 unspecified atom stereocenters. The Hall–Kier alpha value is -2.96. The fourth-order valence-electron chi connectivity index (χ4n) is 3.09. The third-order valence-electron chi connectivity index (χ3n) is 4.20. The van der Waals surface area contributed by atoms with Crippen molar-refractivity contribution in [3.05, 3.63) is 46.5 Å². The predicted molar refractivity (Wildman–Crippen MR) is 91.5 cm³/mol. The van der Waals surface area contributed by atoms with Gasteiger partial charge in [-0.15, -0.1) is 0 Å². The molecule has 0 radical (unpaired) electrons. The molecule has 0 aliphatic heterocycles. The van der Waals surface area contributed by atoms with Crippen molar-refractivity contribution < 1.29 is 18.8 Å². The van der Waals surface area contributed by atoms with E-state index in [0.29, 0.717) is 29.7 Å². The second-order valence-corrected chi connectivity index (χ2v) is 6.09. The van der Waals surface area contributed by atoms with Gasteiger partial charge in [0.05, 0.1) is 5.69 Å². The molecule has 130 valence electrons. The van der Waals surface area contributed by atoms with E-state index in [0.717, 1.165) is 18.2 Å². The highest BCUT2D eigenvalue weighted by Gasteiger charge is 2.26. The van der Waals surface area contributed by atoms with Gasteiger partial charge in [-0.1, -0.05) is 0 Å².